The lowest BCUT2D eigenvalue weighted by Gasteiger charge is -2.38. The lowest BCUT2D eigenvalue weighted by molar-refractivity contribution is -0.143. The van der Waals surface area contributed by atoms with Gasteiger partial charge in [0.05, 0.1) is 18.2 Å². The highest BCUT2D eigenvalue weighted by Gasteiger charge is 2.35. The zero-order chi connectivity index (χ0) is 13.8. The summed E-state index contributed by atoms with van der Waals surface area (Å²) in [6, 6.07) is -0.813. The van der Waals surface area contributed by atoms with Crippen LogP contribution in [0.25, 0.3) is 0 Å². The average molecular weight is 264 g/mol. The van der Waals surface area contributed by atoms with Crippen LogP contribution in [0.3, 0.4) is 0 Å². The van der Waals surface area contributed by atoms with Gasteiger partial charge in [-0.25, -0.2) is 0 Å². The molecule has 1 aliphatic heterocycles. The standard InChI is InChI=1S/C12H16N4O3/c1-8(9-7-13-2-3-14-9)16-5-4-15-12(19)10(16)6-11(17)18/h2-3,7-8,10H,4-6H2,1H3,(H,15,19)(H,17,18). The second-order valence-electron chi connectivity index (χ2n) is 4.45. The molecule has 1 aromatic rings. The van der Waals surface area contributed by atoms with Crippen LogP contribution >= 0.6 is 0 Å². The molecule has 2 heterocycles. The maximum absolute atomic E-state index is 11.8. The number of amides is 1. The van der Waals surface area contributed by atoms with E-state index in [-0.39, 0.29) is 18.4 Å². The van der Waals surface area contributed by atoms with Crippen LogP contribution in [0.5, 0.6) is 0 Å². The molecule has 0 saturated carbocycles. The summed E-state index contributed by atoms with van der Waals surface area (Å²) >= 11 is 0. The number of aromatic nitrogens is 2. The van der Waals surface area contributed by atoms with Crippen molar-refractivity contribution >= 4 is 11.9 Å². The SMILES string of the molecule is CC(c1cnccn1)N1CCNC(=O)C1CC(=O)O. The van der Waals surface area contributed by atoms with Gasteiger partial charge in [0, 0.05) is 31.7 Å². The summed E-state index contributed by atoms with van der Waals surface area (Å²) in [7, 11) is 0. The molecular formula is C12H16N4O3. The number of carbonyl (C=O) groups is 2. The molecule has 0 bridgehead atoms. The van der Waals surface area contributed by atoms with Crippen LogP contribution in [0.4, 0.5) is 0 Å². The number of nitrogens with one attached hydrogen (secondary N) is 1. The van der Waals surface area contributed by atoms with Gasteiger partial charge in [-0.3, -0.25) is 24.5 Å². The van der Waals surface area contributed by atoms with Gasteiger partial charge in [0.15, 0.2) is 0 Å². The second kappa shape index (κ2) is 5.75. The van der Waals surface area contributed by atoms with Crippen molar-refractivity contribution in [2.24, 2.45) is 0 Å². The van der Waals surface area contributed by atoms with Gasteiger partial charge in [-0.15, -0.1) is 0 Å². The zero-order valence-electron chi connectivity index (χ0n) is 10.6. The number of hydrogen-bond acceptors (Lipinski definition) is 5. The maximum Gasteiger partial charge on any atom is 0.305 e. The van der Waals surface area contributed by atoms with Crippen LogP contribution in [-0.4, -0.2) is 51.0 Å². The van der Waals surface area contributed by atoms with E-state index in [4.69, 9.17) is 5.11 Å². The molecule has 1 amide bonds. The predicted molar refractivity (Wildman–Crippen MR) is 66.2 cm³/mol. The molecule has 0 spiro atoms. The molecule has 1 aromatic heterocycles. The van der Waals surface area contributed by atoms with E-state index >= 15 is 0 Å². The Morgan fingerprint density at radius 3 is 3.05 bits per heavy atom. The number of piperazine rings is 1. The third kappa shape index (κ3) is 3.05. The van der Waals surface area contributed by atoms with Crippen molar-refractivity contribution in [3.63, 3.8) is 0 Å². The topological polar surface area (TPSA) is 95.4 Å². The lowest BCUT2D eigenvalue weighted by Crippen LogP contribution is -2.56. The Morgan fingerprint density at radius 1 is 1.63 bits per heavy atom. The Bertz CT molecular complexity index is 465. The minimum atomic E-state index is -0.988. The predicted octanol–water partition coefficient (Wildman–Crippen LogP) is -0.187. The summed E-state index contributed by atoms with van der Waals surface area (Å²) in [4.78, 5) is 32.8. The zero-order valence-corrected chi connectivity index (χ0v) is 10.6. The van der Waals surface area contributed by atoms with Gasteiger partial charge in [0.2, 0.25) is 5.91 Å². The molecule has 2 atom stereocenters. The molecule has 1 saturated heterocycles. The molecule has 7 nitrogen and oxygen atoms in total. The van der Waals surface area contributed by atoms with E-state index in [2.05, 4.69) is 15.3 Å². The average Bonchev–Trinajstić information content (AvgIpc) is 2.41. The van der Waals surface area contributed by atoms with Gasteiger partial charge in [0.1, 0.15) is 6.04 Å². The molecule has 102 valence electrons. The number of carboxylic acid groups (broad SMARTS) is 1. The second-order valence-corrected chi connectivity index (χ2v) is 4.45. The maximum atomic E-state index is 11.8. The van der Waals surface area contributed by atoms with Gasteiger partial charge in [-0.1, -0.05) is 0 Å². The largest absolute Gasteiger partial charge is 0.481 e. The monoisotopic (exact) mass is 264 g/mol. The van der Waals surface area contributed by atoms with Crippen LogP contribution < -0.4 is 5.32 Å². The Labute approximate surface area is 110 Å². The quantitative estimate of drug-likeness (QED) is 0.782. The number of aliphatic carboxylic acids is 1. The van der Waals surface area contributed by atoms with Crippen molar-refractivity contribution in [1.29, 1.82) is 0 Å². The van der Waals surface area contributed by atoms with Crippen molar-refractivity contribution in [3.8, 4) is 0 Å². The van der Waals surface area contributed by atoms with E-state index in [0.717, 1.165) is 5.69 Å². The fourth-order valence-corrected chi connectivity index (χ4v) is 2.27. The molecule has 2 unspecified atom stereocenters. The van der Waals surface area contributed by atoms with Crippen LogP contribution in [0, 0.1) is 0 Å². The summed E-state index contributed by atoms with van der Waals surface area (Å²) in [5, 5.41) is 11.6. The Kier molecular flexibility index (Phi) is 4.06. The van der Waals surface area contributed by atoms with Crippen molar-refractivity contribution in [2.45, 2.75) is 25.4 Å². The Morgan fingerprint density at radius 2 is 2.42 bits per heavy atom. The highest BCUT2D eigenvalue weighted by molar-refractivity contribution is 5.86. The molecule has 2 N–H and O–H groups in total. The Balaban J connectivity index is 2.19. The van der Waals surface area contributed by atoms with Crippen LogP contribution in [0.2, 0.25) is 0 Å². The first-order chi connectivity index (χ1) is 9.09. The first-order valence-electron chi connectivity index (χ1n) is 6.10. The molecule has 1 aliphatic rings. The minimum Gasteiger partial charge on any atom is -0.481 e. The van der Waals surface area contributed by atoms with E-state index in [1.54, 1.807) is 18.6 Å². The molecule has 0 radical (unpaired) electrons. The van der Waals surface area contributed by atoms with Crippen molar-refractivity contribution < 1.29 is 14.7 Å². The number of nitrogens with zero attached hydrogens (tertiary/aromatic N) is 3. The Hall–Kier alpha value is -2.02. The smallest absolute Gasteiger partial charge is 0.305 e. The first kappa shape index (κ1) is 13.4. The summed E-state index contributed by atoms with van der Waals surface area (Å²) < 4.78 is 0. The molecule has 1 fully saturated rings. The molecule has 0 aliphatic carbocycles. The summed E-state index contributed by atoms with van der Waals surface area (Å²) in [5.74, 6) is -1.23. The van der Waals surface area contributed by atoms with E-state index in [1.807, 2.05) is 11.8 Å². The van der Waals surface area contributed by atoms with E-state index in [1.165, 1.54) is 0 Å². The van der Waals surface area contributed by atoms with Gasteiger partial charge < -0.3 is 10.4 Å². The summed E-state index contributed by atoms with van der Waals surface area (Å²) in [6.07, 6.45) is 4.58. The fraction of sp³-hybridized carbons (Fsp3) is 0.500. The van der Waals surface area contributed by atoms with Crippen molar-refractivity contribution in [3.05, 3.63) is 24.3 Å². The van der Waals surface area contributed by atoms with Gasteiger partial charge >= 0.3 is 5.97 Å². The van der Waals surface area contributed by atoms with Crippen LogP contribution in [0.15, 0.2) is 18.6 Å². The van der Waals surface area contributed by atoms with Gasteiger partial charge in [0.25, 0.3) is 0 Å². The third-order valence-electron chi connectivity index (χ3n) is 3.25. The molecular weight excluding hydrogens is 248 g/mol. The van der Waals surface area contributed by atoms with Crippen molar-refractivity contribution in [2.75, 3.05) is 13.1 Å². The molecule has 7 heteroatoms. The fourth-order valence-electron chi connectivity index (χ4n) is 2.27. The molecule has 19 heavy (non-hydrogen) atoms. The lowest BCUT2D eigenvalue weighted by atomic mass is 10.0. The molecule has 0 aromatic carbocycles. The molecule has 2 rings (SSSR count). The van der Waals surface area contributed by atoms with Gasteiger partial charge in [-0.05, 0) is 6.92 Å². The van der Waals surface area contributed by atoms with Crippen molar-refractivity contribution in [1.82, 2.24) is 20.2 Å². The third-order valence-corrected chi connectivity index (χ3v) is 3.25. The van der Waals surface area contributed by atoms with E-state index in [9.17, 15) is 9.59 Å². The number of rotatable bonds is 4. The van der Waals surface area contributed by atoms with Crippen LogP contribution in [0.1, 0.15) is 25.1 Å². The summed E-state index contributed by atoms with van der Waals surface area (Å²) in [5.41, 5.74) is 0.729. The van der Waals surface area contributed by atoms with E-state index in [0.29, 0.717) is 13.1 Å². The number of carbonyl (C=O) groups excluding carboxylic acids is 1. The number of carboxylic acids is 1. The van der Waals surface area contributed by atoms with E-state index < -0.39 is 12.0 Å². The van der Waals surface area contributed by atoms with Gasteiger partial charge in [-0.2, -0.15) is 0 Å². The highest BCUT2D eigenvalue weighted by Crippen LogP contribution is 2.23. The number of hydrogen-bond donors (Lipinski definition) is 2. The minimum absolute atomic E-state index is 0.149. The van der Waals surface area contributed by atoms with Crippen LogP contribution in [-0.2, 0) is 9.59 Å². The highest BCUT2D eigenvalue weighted by atomic mass is 16.4. The summed E-state index contributed by atoms with van der Waals surface area (Å²) in [6.45, 7) is 3.01. The first-order valence-corrected chi connectivity index (χ1v) is 6.10. The normalized spacial score (nSPS) is 21.7.